The molecule has 108 valence electrons. The Hall–Kier alpha value is -2.81. The Morgan fingerprint density at radius 3 is 2.52 bits per heavy atom. The fourth-order valence-corrected chi connectivity index (χ4v) is 2.18. The zero-order valence-electron chi connectivity index (χ0n) is 10.5. The number of ether oxygens (including phenoxy) is 1. The smallest absolute Gasteiger partial charge is 0.347 e. The van der Waals surface area contributed by atoms with Gasteiger partial charge in [-0.2, -0.15) is 0 Å². The number of esters is 1. The summed E-state index contributed by atoms with van der Waals surface area (Å²) in [6, 6.07) is 8.12. The average Bonchev–Trinajstić information content (AvgIpc) is 2.88. The van der Waals surface area contributed by atoms with Gasteiger partial charge >= 0.3 is 11.0 Å². The van der Waals surface area contributed by atoms with Crippen LogP contribution in [0, 0.1) is 10.1 Å². The molecule has 2 rings (SSSR count). The lowest BCUT2D eigenvalue weighted by molar-refractivity contribution is -0.380. The number of hydrogen-bond acceptors (Lipinski definition) is 7. The van der Waals surface area contributed by atoms with Crippen LogP contribution in [-0.4, -0.2) is 21.8 Å². The van der Waals surface area contributed by atoms with Gasteiger partial charge in [0.25, 0.3) is 5.19 Å². The lowest BCUT2D eigenvalue weighted by Gasteiger charge is -2.11. The number of amides is 1. The van der Waals surface area contributed by atoms with E-state index in [0.717, 1.165) is 6.20 Å². The highest BCUT2D eigenvalue weighted by atomic mass is 32.1. The fourth-order valence-electron chi connectivity index (χ4n) is 1.59. The SMILES string of the molecule is NC(=O)C(C(=O)Oc1ncc([N+](=O)[O-])s1)c1ccccc1. The number of primary amides is 1. The van der Waals surface area contributed by atoms with Crippen molar-refractivity contribution in [3.05, 3.63) is 52.2 Å². The van der Waals surface area contributed by atoms with E-state index in [-0.39, 0.29) is 10.2 Å². The van der Waals surface area contributed by atoms with Crippen molar-refractivity contribution in [1.29, 1.82) is 0 Å². The Morgan fingerprint density at radius 1 is 1.33 bits per heavy atom. The second-order valence-corrected chi connectivity index (χ2v) is 4.86. The number of carbonyl (C=O) groups is 2. The maximum atomic E-state index is 12.0. The average molecular weight is 307 g/mol. The van der Waals surface area contributed by atoms with Gasteiger partial charge in [-0.3, -0.25) is 19.7 Å². The molecule has 0 saturated carbocycles. The lowest BCUT2D eigenvalue weighted by Crippen LogP contribution is -2.31. The summed E-state index contributed by atoms with van der Waals surface area (Å²) in [5.74, 6) is -3.11. The maximum Gasteiger partial charge on any atom is 0.347 e. The van der Waals surface area contributed by atoms with Crippen LogP contribution in [0.1, 0.15) is 11.5 Å². The Balaban J connectivity index is 2.19. The van der Waals surface area contributed by atoms with E-state index >= 15 is 0 Å². The first-order valence-corrected chi connectivity index (χ1v) is 6.47. The second kappa shape index (κ2) is 6.09. The van der Waals surface area contributed by atoms with E-state index in [2.05, 4.69) is 4.98 Å². The number of nitrogens with two attached hydrogens (primary N) is 1. The van der Waals surface area contributed by atoms with Crippen molar-refractivity contribution in [3.63, 3.8) is 0 Å². The van der Waals surface area contributed by atoms with E-state index in [0.29, 0.717) is 16.9 Å². The van der Waals surface area contributed by atoms with E-state index in [4.69, 9.17) is 10.5 Å². The van der Waals surface area contributed by atoms with Gasteiger partial charge in [0.05, 0.1) is 4.92 Å². The fraction of sp³-hybridized carbons (Fsp3) is 0.0833. The van der Waals surface area contributed by atoms with Crippen LogP contribution in [-0.2, 0) is 9.59 Å². The van der Waals surface area contributed by atoms with Crippen LogP contribution in [0.3, 0.4) is 0 Å². The Labute approximate surface area is 122 Å². The number of hydrogen-bond donors (Lipinski definition) is 1. The highest BCUT2D eigenvalue weighted by Crippen LogP contribution is 2.28. The first-order chi connectivity index (χ1) is 9.99. The summed E-state index contributed by atoms with van der Waals surface area (Å²) in [5.41, 5.74) is 5.59. The standard InChI is InChI=1S/C12H9N3O5S/c13-10(16)9(7-4-2-1-3-5-7)11(17)20-12-14-6-8(21-12)15(18)19/h1-6,9H,(H2,13,16). The number of nitrogens with zero attached hydrogens (tertiary/aromatic N) is 2. The summed E-state index contributed by atoms with van der Waals surface area (Å²) in [6.07, 6.45) is 0.967. The number of nitro groups is 1. The summed E-state index contributed by atoms with van der Waals surface area (Å²) >= 11 is 0.588. The third kappa shape index (κ3) is 3.39. The van der Waals surface area contributed by atoms with Crippen LogP contribution in [0.4, 0.5) is 5.00 Å². The number of thiazole rings is 1. The van der Waals surface area contributed by atoms with Crippen LogP contribution >= 0.6 is 11.3 Å². The van der Waals surface area contributed by atoms with Gasteiger partial charge < -0.3 is 10.5 Å². The molecule has 1 amide bonds. The van der Waals surface area contributed by atoms with E-state index in [1.54, 1.807) is 30.3 Å². The van der Waals surface area contributed by atoms with Crippen LogP contribution in [0.5, 0.6) is 5.19 Å². The van der Waals surface area contributed by atoms with Crippen molar-refractivity contribution >= 4 is 28.2 Å². The molecule has 0 radical (unpaired) electrons. The molecule has 0 bridgehead atoms. The molecule has 8 nitrogen and oxygen atoms in total. The van der Waals surface area contributed by atoms with Crippen molar-refractivity contribution in [3.8, 4) is 5.19 Å². The quantitative estimate of drug-likeness (QED) is 0.383. The van der Waals surface area contributed by atoms with Gasteiger partial charge in [0.2, 0.25) is 5.91 Å². The summed E-state index contributed by atoms with van der Waals surface area (Å²) in [7, 11) is 0. The van der Waals surface area contributed by atoms with Crippen molar-refractivity contribution in [2.45, 2.75) is 5.92 Å². The van der Waals surface area contributed by atoms with Crippen molar-refractivity contribution in [2.24, 2.45) is 5.73 Å². The number of benzene rings is 1. The molecular formula is C12H9N3O5S. The van der Waals surface area contributed by atoms with E-state index in [1.807, 2.05) is 0 Å². The van der Waals surface area contributed by atoms with Gasteiger partial charge in [0, 0.05) is 0 Å². The third-order valence-electron chi connectivity index (χ3n) is 2.49. The lowest BCUT2D eigenvalue weighted by atomic mass is 9.99. The Bertz CT molecular complexity index is 685. The minimum Gasteiger partial charge on any atom is -0.397 e. The zero-order chi connectivity index (χ0) is 15.4. The molecule has 1 unspecified atom stereocenters. The van der Waals surface area contributed by atoms with Crippen molar-refractivity contribution < 1.29 is 19.2 Å². The maximum absolute atomic E-state index is 12.0. The molecule has 0 saturated heterocycles. The summed E-state index contributed by atoms with van der Waals surface area (Å²) < 4.78 is 4.89. The van der Waals surface area contributed by atoms with Gasteiger partial charge in [-0.15, -0.1) is 0 Å². The largest absolute Gasteiger partial charge is 0.397 e. The van der Waals surface area contributed by atoms with E-state index < -0.39 is 22.7 Å². The van der Waals surface area contributed by atoms with Crippen LogP contribution in [0.2, 0.25) is 0 Å². The highest BCUT2D eigenvalue weighted by molar-refractivity contribution is 7.16. The molecule has 0 aliphatic carbocycles. The monoisotopic (exact) mass is 307 g/mol. The van der Waals surface area contributed by atoms with Crippen LogP contribution in [0.25, 0.3) is 0 Å². The summed E-state index contributed by atoms with van der Waals surface area (Å²) in [5, 5.41) is 10.0. The van der Waals surface area contributed by atoms with Crippen LogP contribution in [0.15, 0.2) is 36.5 Å². The molecule has 1 atom stereocenters. The van der Waals surface area contributed by atoms with E-state index in [1.165, 1.54) is 0 Å². The van der Waals surface area contributed by atoms with Crippen LogP contribution < -0.4 is 10.5 Å². The highest BCUT2D eigenvalue weighted by Gasteiger charge is 2.29. The molecule has 1 heterocycles. The normalized spacial score (nSPS) is 11.6. The first kappa shape index (κ1) is 14.6. The Kier molecular flexibility index (Phi) is 4.24. The molecule has 2 aromatic rings. The molecule has 21 heavy (non-hydrogen) atoms. The molecule has 1 aromatic heterocycles. The predicted octanol–water partition coefficient (Wildman–Crippen LogP) is 1.23. The third-order valence-corrected chi connectivity index (χ3v) is 3.32. The van der Waals surface area contributed by atoms with Crippen molar-refractivity contribution in [1.82, 2.24) is 4.98 Å². The predicted molar refractivity (Wildman–Crippen MR) is 72.8 cm³/mol. The molecule has 9 heteroatoms. The number of carbonyl (C=O) groups excluding carboxylic acids is 2. The second-order valence-electron chi connectivity index (χ2n) is 3.89. The molecular weight excluding hydrogens is 298 g/mol. The molecule has 0 spiro atoms. The minimum absolute atomic E-state index is 0.214. The molecule has 0 fully saturated rings. The topological polar surface area (TPSA) is 125 Å². The van der Waals surface area contributed by atoms with Gasteiger partial charge in [-0.1, -0.05) is 30.3 Å². The Morgan fingerprint density at radius 2 is 2.00 bits per heavy atom. The number of rotatable bonds is 5. The zero-order valence-corrected chi connectivity index (χ0v) is 11.3. The van der Waals surface area contributed by atoms with Gasteiger partial charge in [0.15, 0.2) is 5.92 Å². The summed E-state index contributed by atoms with van der Waals surface area (Å²) in [4.78, 5) is 36.9. The number of aromatic nitrogens is 1. The van der Waals surface area contributed by atoms with E-state index in [9.17, 15) is 19.7 Å². The van der Waals surface area contributed by atoms with Gasteiger partial charge in [-0.25, -0.2) is 4.98 Å². The molecule has 1 aromatic carbocycles. The summed E-state index contributed by atoms with van der Waals surface area (Å²) in [6.45, 7) is 0. The van der Waals surface area contributed by atoms with Gasteiger partial charge in [-0.05, 0) is 16.9 Å². The molecule has 0 aliphatic rings. The van der Waals surface area contributed by atoms with Gasteiger partial charge in [0.1, 0.15) is 6.20 Å². The molecule has 2 N–H and O–H groups in total. The minimum atomic E-state index is -1.30. The first-order valence-electron chi connectivity index (χ1n) is 5.65. The molecule has 0 aliphatic heterocycles. The van der Waals surface area contributed by atoms with Crippen molar-refractivity contribution in [2.75, 3.05) is 0 Å².